The Hall–Kier alpha value is -7.76. The molecule has 2 aromatic heterocycles. The summed E-state index contributed by atoms with van der Waals surface area (Å²) in [4.78, 5) is 51.0. The van der Waals surface area contributed by atoms with E-state index in [4.69, 9.17) is 39.3 Å². The highest BCUT2D eigenvalue weighted by Crippen LogP contribution is 2.49. The lowest BCUT2D eigenvalue weighted by atomic mass is 9.71. The normalized spacial score (nSPS) is 11.2. The van der Waals surface area contributed by atoms with Gasteiger partial charge in [0.25, 0.3) is 0 Å². The molecule has 6 aromatic rings. The van der Waals surface area contributed by atoms with Crippen molar-refractivity contribution < 1.29 is 48.3 Å². The van der Waals surface area contributed by atoms with Gasteiger partial charge in [-0.15, -0.1) is 30.0 Å². The molecular formula is C46H50N8O10. The molecular weight excluding hydrogens is 825 g/mol. The number of aromatic nitrogens is 6. The van der Waals surface area contributed by atoms with Crippen molar-refractivity contribution >= 4 is 46.2 Å². The summed E-state index contributed by atoms with van der Waals surface area (Å²) in [6, 6.07) is 21.4. The summed E-state index contributed by atoms with van der Waals surface area (Å²) in [6.45, 7) is 13.7. The van der Waals surface area contributed by atoms with E-state index in [9.17, 15) is 29.4 Å². The van der Waals surface area contributed by atoms with Gasteiger partial charge in [0.05, 0.1) is 37.7 Å². The van der Waals surface area contributed by atoms with Gasteiger partial charge in [0, 0.05) is 40.5 Å². The standard InChI is InChI=1S/C46H50N8O10/c1-7-46(6,40-36(53-49-32-12-8-9-13-33(32)50-53)24-30(26-38(40)55)16-20-63-44(59)47-18-22-61-42(57)28(2)3)41-37(54-51-34-14-10-11-15-35(34)52-54)25-31(27-39(41)56)17-21-64-45(60)48-19-23-62-43(58)29(4)5/h8-15,24-27,55-56H,2,4,7,16-23H2,1,3,5-6H3,(H,47,59)(H,48,60). The van der Waals surface area contributed by atoms with Gasteiger partial charge in [-0.05, 0) is 79.9 Å². The number of nitrogens with one attached hydrogen (secondary N) is 2. The summed E-state index contributed by atoms with van der Waals surface area (Å²) in [7, 11) is 0. The summed E-state index contributed by atoms with van der Waals surface area (Å²) >= 11 is 0. The lowest BCUT2D eigenvalue weighted by Crippen LogP contribution is -2.29. The number of ether oxygens (including phenoxy) is 4. The van der Waals surface area contributed by atoms with E-state index in [1.165, 1.54) is 23.4 Å². The van der Waals surface area contributed by atoms with Crippen LogP contribution in [-0.2, 0) is 46.8 Å². The number of alkyl carbamates (subject to hydrolysis) is 2. The van der Waals surface area contributed by atoms with Crippen LogP contribution in [0.15, 0.2) is 97.1 Å². The summed E-state index contributed by atoms with van der Waals surface area (Å²) in [5, 5.41) is 48.4. The van der Waals surface area contributed by atoms with Crippen molar-refractivity contribution in [3.8, 4) is 22.9 Å². The van der Waals surface area contributed by atoms with Crippen LogP contribution in [0.5, 0.6) is 11.5 Å². The van der Waals surface area contributed by atoms with Gasteiger partial charge >= 0.3 is 24.1 Å². The number of carbonyl (C=O) groups excluding carboxylic acids is 4. The molecule has 64 heavy (non-hydrogen) atoms. The zero-order valence-corrected chi connectivity index (χ0v) is 36.1. The summed E-state index contributed by atoms with van der Waals surface area (Å²) in [5.74, 6) is -1.40. The molecule has 18 nitrogen and oxygen atoms in total. The molecule has 0 saturated heterocycles. The van der Waals surface area contributed by atoms with Crippen LogP contribution in [0, 0.1) is 0 Å². The van der Waals surface area contributed by atoms with Gasteiger partial charge in [-0.1, -0.05) is 51.3 Å². The molecule has 0 saturated carbocycles. The average molecular weight is 875 g/mol. The third-order valence-electron chi connectivity index (χ3n) is 10.3. The maximum Gasteiger partial charge on any atom is 0.407 e. The minimum Gasteiger partial charge on any atom is -0.508 e. The van der Waals surface area contributed by atoms with Gasteiger partial charge in [0.2, 0.25) is 0 Å². The highest BCUT2D eigenvalue weighted by Gasteiger charge is 2.39. The zero-order chi connectivity index (χ0) is 46.0. The molecule has 18 heteroatoms. The first kappa shape index (κ1) is 45.8. The molecule has 4 aromatic carbocycles. The Balaban J connectivity index is 1.33. The number of nitrogens with zero attached hydrogens (tertiary/aromatic N) is 6. The number of amides is 2. The number of hydrogen-bond acceptors (Lipinski definition) is 14. The Morgan fingerprint density at radius 2 is 0.969 bits per heavy atom. The number of aromatic hydroxyl groups is 2. The van der Waals surface area contributed by atoms with Gasteiger partial charge < -0.3 is 39.8 Å². The molecule has 0 unspecified atom stereocenters. The first-order chi connectivity index (χ1) is 30.7. The maximum atomic E-state index is 12.4. The van der Waals surface area contributed by atoms with Crippen LogP contribution >= 0.6 is 0 Å². The second kappa shape index (κ2) is 20.4. The summed E-state index contributed by atoms with van der Waals surface area (Å²) in [5.41, 5.74) is 4.50. The number of hydrogen-bond donors (Lipinski definition) is 4. The van der Waals surface area contributed by atoms with Crippen molar-refractivity contribution in [3.63, 3.8) is 0 Å². The molecule has 0 aliphatic heterocycles. The van der Waals surface area contributed by atoms with Crippen LogP contribution in [-0.4, -0.2) is 104 Å². The third kappa shape index (κ3) is 10.8. The van der Waals surface area contributed by atoms with Crippen LogP contribution in [0.25, 0.3) is 33.4 Å². The van der Waals surface area contributed by atoms with E-state index >= 15 is 0 Å². The van der Waals surface area contributed by atoms with E-state index in [2.05, 4.69) is 23.8 Å². The van der Waals surface area contributed by atoms with E-state index in [0.29, 0.717) is 62.1 Å². The highest BCUT2D eigenvalue weighted by atomic mass is 16.6. The molecule has 0 aliphatic rings. The molecule has 4 N–H and O–H groups in total. The predicted molar refractivity (Wildman–Crippen MR) is 235 cm³/mol. The van der Waals surface area contributed by atoms with E-state index < -0.39 is 29.5 Å². The third-order valence-corrected chi connectivity index (χ3v) is 10.3. The van der Waals surface area contributed by atoms with Crippen LogP contribution < -0.4 is 10.6 Å². The Bertz CT molecular complexity index is 2480. The topological polar surface area (TPSA) is 231 Å². The predicted octanol–water partition coefficient (Wildman–Crippen LogP) is 6.06. The molecule has 0 spiro atoms. The van der Waals surface area contributed by atoms with Crippen LogP contribution in [0.2, 0.25) is 0 Å². The van der Waals surface area contributed by atoms with Gasteiger partial charge in [-0.2, -0.15) is 0 Å². The molecule has 2 heterocycles. The first-order valence-electron chi connectivity index (χ1n) is 20.5. The number of esters is 2. The SMILES string of the molecule is C=C(C)C(=O)OCCNC(=O)OCCc1cc(O)c(C(C)(CC)c2c(O)cc(CCOC(=O)NCCOC(=O)C(=C)C)cc2-n2nc3ccccc3n2)c(-n2nc3ccccc3n2)c1. The van der Waals surface area contributed by atoms with E-state index in [1.807, 2.05) is 62.4 Å². The average Bonchev–Trinajstić information content (AvgIpc) is 3.91. The molecule has 2 amide bonds. The number of phenols is 2. The van der Waals surface area contributed by atoms with E-state index in [-0.39, 0.29) is 75.0 Å². The monoisotopic (exact) mass is 874 g/mol. The fourth-order valence-electron chi connectivity index (χ4n) is 6.95. The molecule has 0 atom stereocenters. The lowest BCUT2D eigenvalue weighted by molar-refractivity contribution is -0.139. The van der Waals surface area contributed by atoms with Crippen LogP contribution in [0.4, 0.5) is 9.59 Å². The van der Waals surface area contributed by atoms with Gasteiger partial charge in [-0.3, -0.25) is 0 Å². The summed E-state index contributed by atoms with van der Waals surface area (Å²) < 4.78 is 20.8. The van der Waals surface area contributed by atoms with E-state index in [1.54, 1.807) is 24.3 Å². The van der Waals surface area contributed by atoms with E-state index in [0.717, 1.165) is 0 Å². The number of carbonyl (C=O) groups is 4. The van der Waals surface area contributed by atoms with Gasteiger partial charge in [-0.25, -0.2) is 19.2 Å². The number of benzene rings is 4. The Labute approximate surface area is 368 Å². The smallest absolute Gasteiger partial charge is 0.407 e. The minimum atomic E-state index is -1.18. The Kier molecular flexibility index (Phi) is 14.6. The second-order valence-corrected chi connectivity index (χ2v) is 15.1. The quantitative estimate of drug-likeness (QED) is 0.0314. The van der Waals surface area contributed by atoms with Crippen molar-refractivity contribution in [2.24, 2.45) is 0 Å². The van der Waals surface area contributed by atoms with Crippen molar-refractivity contribution in [1.82, 2.24) is 40.6 Å². The maximum absolute atomic E-state index is 12.4. The van der Waals surface area contributed by atoms with Crippen molar-refractivity contribution in [3.05, 3.63) is 119 Å². The number of phenolic OH excluding ortho intramolecular Hbond substituents is 2. The molecule has 0 radical (unpaired) electrons. The van der Waals surface area contributed by atoms with Gasteiger partial charge in [0.1, 0.15) is 46.8 Å². The highest BCUT2D eigenvalue weighted by molar-refractivity contribution is 5.87. The number of rotatable bonds is 19. The van der Waals surface area contributed by atoms with Crippen molar-refractivity contribution in [2.75, 3.05) is 39.5 Å². The van der Waals surface area contributed by atoms with Crippen LogP contribution in [0.3, 0.4) is 0 Å². The zero-order valence-electron chi connectivity index (χ0n) is 36.1. The summed E-state index contributed by atoms with van der Waals surface area (Å²) in [6.07, 6.45) is -0.707. The molecule has 0 fully saturated rings. The van der Waals surface area contributed by atoms with Gasteiger partial charge in [0.15, 0.2) is 0 Å². The Morgan fingerprint density at radius 3 is 1.30 bits per heavy atom. The van der Waals surface area contributed by atoms with Crippen molar-refractivity contribution in [1.29, 1.82) is 0 Å². The number of fused-ring (bicyclic) bond motifs is 2. The van der Waals surface area contributed by atoms with Crippen molar-refractivity contribution in [2.45, 2.75) is 52.4 Å². The molecule has 0 aliphatic carbocycles. The minimum absolute atomic E-state index is 0.0359. The molecule has 6 rings (SSSR count). The fourth-order valence-corrected chi connectivity index (χ4v) is 6.95. The fraction of sp³-hybridized carbons (Fsp3) is 0.304. The largest absolute Gasteiger partial charge is 0.508 e. The second-order valence-electron chi connectivity index (χ2n) is 15.1. The first-order valence-corrected chi connectivity index (χ1v) is 20.5. The lowest BCUT2D eigenvalue weighted by Gasteiger charge is -2.34. The molecule has 0 bridgehead atoms. The van der Waals surface area contributed by atoms with Crippen LogP contribution in [0.1, 0.15) is 56.4 Å². The Morgan fingerprint density at radius 1 is 0.609 bits per heavy atom. The molecule has 334 valence electrons.